The van der Waals surface area contributed by atoms with Crippen LogP contribution in [0.15, 0.2) is 40.4 Å². The van der Waals surface area contributed by atoms with Gasteiger partial charge in [-0.15, -0.1) is 34.0 Å². The summed E-state index contributed by atoms with van der Waals surface area (Å²) in [5.41, 5.74) is 8.42. The maximum atomic E-state index is 5.84. The van der Waals surface area contributed by atoms with E-state index in [1.54, 1.807) is 34.0 Å². The molecular formula is C13H11NS3. The van der Waals surface area contributed by atoms with Gasteiger partial charge in [0.2, 0.25) is 0 Å². The maximum absolute atomic E-state index is 5.84. The van der Waals surface area contributed by atoms with Gasteiger partial charge in [-0.25, -0.2) is 0 Å². The molecule has 2 N–H and O–H groups in total. The average molecular weight is 277 g/mol. The van der Waals surface area contributed by atoms with Gasteiger partial charge in [0.05, 0.1) is 4.88 Å². The van der Waals surface area contributed by atoms with Gasteiger partial charge < -0.3 is 5.73 Å². The molecule has 4 heteroatoms. The van der Waals surface area contributed by atoms with Gasteiger partial charge in [-0.3, -0.25) is 0 Å². The zero-order chi connectivity index (χ0) is 11.7. The van der Waals surface area contributed by atoms with Crippen LogP contribution in [0.3, 0.4) is 0 Å². The predicted octanol–water partition coefficient (Wildman–Crippen LogP) is 4.66. The van der Waals surface area contributed by atoms with Crippen molar-refractivity contribution >= 4 is 34.0 Å². The number of hydrogen-bond acceptors (Lipinski definition) is 4. The van der Waals surface area contributed by atoms with Crippen LogP contribution >= 0.6 is 34.0 Å². The molecule has 0 aromatic carbocycles. The van der Waals surface area contributed by atoms with Crippen LogP contribution in [0.2, 0.25) is 0 Å². The number of hydrogen-bond donors (Lipinski definition) is 1. The third-order valence-electron chi connectivity index (χ3n) is 2.60. The number of thiophene rings is 3. The SMILES string of the molecule is NCc1csc(-c2cccs2)c1-c1cccs1. The first-order valence-electron chi connectivity index (χ1n) is 5.28. The summed E-state index contributed by atoms with van der Waals surface area (Å²) in [5, 5.41) is 6.42. The van der Waals surface area contributed by atoms with Gasteiger partial charge in [0.1, 0.15) is 0 Å². The monoisotopic (exact) mass is 277 g/mol. The lowest BCUT2D eigenvalue weighted by Crippen LogP contribution is -1.95. The molecule has 3 rings (SSSR count). The summed E-state index contributed by atoms with van der Waals surface area (Å²) in [6.07, 6.45) is 0. The van der Waals surface area contributed by atoms with E-state index in [0.29, 0.717) is 6.54 Å². The smallest absolute Gasteiger partial charge is 0.0532 e. The van der Waals surface area contributed by atoms with Crippen LogP contribution in [0.25, 0.3) is 20.2 Å². The molecule has 86 valence electrons. The van der Waals surface area contributed by atoms with E-state index in [9.17, 15) is 0 Å². The summed E-state index contributed by atoms with van der Waals surface area (Å²) in [4.78, 5) is 4.00. The Hall–Kier alpha value is -0.940. The van der Waals surface area contributed by atoms with Gasteiger partial charge in [-0.2, -0.15) is 0 Å². The lowest BCUT2D eigenvalue weighted by molar-refractivity contribution is 1.09. The van der Waals surface area contributed by atoms with E-state index in [2.05, 4.69) is 40.4 Å². The summed E-state index contributed by atoms with van der Waals surface area (Å²) in [7, 11) is 0. The van der Waals surface area contributed by atoms with Crippen molar-refractivity contribution in [1.82, 2.24) is 0 Å². The lowest BCUT2D eigenvalue weighted by atomic mass is 10.1. The third-order valence-corrected chi connectivity index (χ3v) is 5.57. The van der Waals surface area contributed by atoms with Gasteiger partial charge in [-0.1, -0.05) is 12.1 Å². The predicted molar refractivity (Wildman–Crippen MR) is 78.8 cm³/mol. The van der Waals surface area contributed by atoms with Gasteiger partial charge in [0.25, 0.3) is 0 Å². The molecule has 3 heterocycles. The lowest BCUT2D eigenvalue weighted by Gasteiger charge is -2.02. The first-order valence-corrected chi connectivity index (χ1v) is 7.92. The highest BCUT2D eigenvalue weighted by molar-refractivity contribution is 7.21. The van der Waals surface area contributed by atoms with E-state index < -0.39 is 0 Å². The van der Waals surface area contributed by atoms with E-state index in [1.807, 2.05) is 0 Å². The fourth-order valence-corrected chi connectivity index (χ4v) is 4.68. The minimum atomic E-state index is 0.606. The molecule has 0 saturated heterocycles. The molecule has 0 atom stereocenters. The summed E-state index contributed by atoms with van der Waals surface area (Å²) in [6, 6.07) is 8.53. The zero-order valence-corrected chi connectivity index (χ0v) is 11.5. The minimum absolute atomic E-state index is 0.606. The molecule has 0 bridgehead atoms. The minimum Gasteiger partial charge on any atom is -0.326 e. The molecule has 1 nitrogen and oxygen atoms in total. The number of nitrogens with two attached hydrogens (primary N) is 1. The van der Waals surface area contributed by atoms with Gasteiger partial charge in [0, 0.05) is 21.9 Å². The van der Waals surface area contributed by atoms with Crippen molar-refractivity contribution in [1.29, 1.82) is 0 Å². The Morgan fingerprint density at radius 2 is 1.65 bits per heavy atom. The van der Waals surface area contributed by atoms with E-state index in [0.717, 1.165) is 0 Å². The van der Waals surface area contributed by atoms with Crippen molar-refractivity contribution in [2.24, 2.45) is 5.73 Å². The Kier molecular flexibility index (Phi) is 3.11. The fraction of sp³-hybridized carbons (Fsp3) is 0.0769. The normalized spacial score (nSPS) is 10.9. The molecule has 17 heavy (non-hydrogen) atoms. The van der Waals surface area contributed by atoms with E-state index in [4.69, 9.17) is 5.73 Å². The van der Waals surface area contributed by atoms with E-state index >= 15 is 0 Å². The second kappa shape index (κ2) is 4.74. The number of rotatable bonds is 3. The van der Waals surface area contributed by atoms with Gasteiger partial charge in [0.15, 0.2) is 0 Å². The van der Waals surface area contributed by atoms with Crippen molar-refractivity contribution in [3.63, 3.8) is 0 Å². The van der Waals surface area contributed by atoms with E-state index in [-0.39, 0.29) is 0 Å². The highest BCUT2D eigenvalue weighted by atomic mass is 32.1. The van der Waals surface area contributed by atoms with Crippen molar-refractivity contribution in [3.8, 4) is 20.2 Å². The second-order valence-corrected chi connectivity index (χ2v) is 6.40. The molecule has 0 aliphatic rings. The maximum Gasteiger partial charge on any atom is 0.0532 e. The topological polar surface area (TPSA) is 26.0 Å². The van der Waals surface area contributed by atoms with Gasteiger partial charge >= 0.3 is 0 Å². The Bertz CT molecular complexity index is 591. The highest BCUT2D eigenvalue weighted by Crippen LogP contribution is 2.43. The molecule has 0 unspecified atom stereocenters. The Morgan fingerprint density at radius 1 is 0.941 bits per heavy atom. The van der Waals surface area contributed by atoms with Crippen LogP contribution in [0.1, 0.15) is 5.56 Å². The summed E-state index contributed by atoms with van der Waals surface area (Å²) >= 11 is 5.36. The molecule has 3 aromatic rings. The Labute approximate surface area is 112 Å². The van der Waals surface area contributed by atoms with Crippen LogP contribution in [0.5, 0.6) is 0 Å². The fourth-order valence-electron chi connectivity index (χ4n) is 1.82. The molecule has 0 saturated carbocycles. The molecule has 0 radical (unpaired) electrons. The molecule has 0 amide bonds. The quantitative estimate of drug-likeness (QED) is 0.740. The Morgan fingerprint density at radius 3 is 2.24 bits per heavy atom. The van der Waals surface area contributed by atoms with Crippen LogP contribution in [-0.2, 0) is 6.54 Å². The van der Waals surface area contributed by atoms with Crippen LogP contribution in [-0.4, -0.2) is 0 Å². The highest BCUT2D eigenvalue weighted by Gasteiger charge is 2.15. The van der Waals surface area contributed by atoms with Crippen LogP contribution < -0.4 is 5.73 Å². The average Bonchev–Trinajstić information content (AvgIpc) is 3.09. The molecule has 0 fully saturated rings. The van der Waals surface area contributed by atoms with Gasteiger partial charge in [-0.05, 0) is 33.8 Å². The molecule has 0 spiro atoms. The van der Waals surface area contributed by atoms with Crippen LogP contribution in [0, 0.1) is 0 Å². The molecular weight excluding hydrogens is 266 g/mol. The summed E-state index contributed by atoms with van der Waals surface area (Å²) in [5.74, 6) is 0. The van der Waals surface area contributed by atoms with Crippen molar-refractivity contribution in [2.45, 2.75) is 6.54 Å². The van der Waals surface area contributed by atoms with Crippen molar-refractivity contribution in [2.75, 3.05) is 0 Å². The van der Waals surface area contributed by atoms with E-state index in [1.165, 1.54) is 25.8 Å². The van der Waals surface area contributed by atoms with Crippen molar-refractivity contribution in [3.05, 3.63) is 46.0 Å². The van der Waals surface area contributed by atoms with Crippen LogP contribution in [0.4, 0.5) is 0 Å². The first kappa shape index (κ1) is 11.2. The zero-order valence-electron chi connectivity index (χ0n) is 9.05. The van der Waals surface area contributed by atoms with Crippen molar-refractivity contribution < 1.29 is 0 Å². The summed E-state index contributed by atoms with van der Waals surface area (Å²) in [6.45, 7) is 0.606. The second-order valence-electron chi connectivity index (χ2n) is 3.62. The molecule has 0 aliphatic carbocycles. The molecule has 0 aliphatic heterocycles. The third kappa shape index (κ3) is 1.98. The summed E-state index contributed by atoms with van der Waals surface area (Å²) < 4.78 is 0. The largest absolute Gasteiger partial charge is 0.326 e. The standard InChI is InChI=1S/C13H11NS3/c14-7-9-8-17-13(11-4-2-6-16-11)12(9)10-3-1-5-15-10/h1-6,8H,7,14H2. The first-order chi connectivity index (χ1) is 8.40. The molecule has 3 aromatic heterocycles. The Balaban J connectivity index is 2.20.